The maximum absolute atomic E-state index is 12.5. The highest BCUT2D eigenvalue weighted by Gasteiger charge is 2.23. The molecule has 0 N–H and O–H groups in total. The molecule has 140 valence electrons. The molecule has 0 aromatic carbocycles. The van der Waals surface area contributed by atoms with E-state index < -0.39 is 5.97 Å². The largest absolute Gasteiger partial charge is 0.452 e. The average Bonchev–Trinajstić information content (AvgIpc) is 3.23. The van der Waals surface area contributed by atoms with Crippen LogP contribution in [0.1, 0.15) is 33.5 Å². The van der Waals surface area contributed by atoms with E-state index in [1.807, 2.05) is 38.3 Å². The van der Waals surface area contributed by atoms with Crippen molar-refractivity contribution in [3.8, 4) is 0 Å². The Bertz CT molecular complexity index is 782. The van der Waals surface area contributed by atoms with Gasteiger partial charge in [0.2, 0.25) is 0 Å². The van der Waals surface area contributed by atoms with Gasteiger partial charge in [-0.2, -0.15) is 0 Å². The molecule has 7 heteroatoms. The van der Waals surface area contributed by atoms with Gasteiger partial charge in [-0.25, -0.2) is 4.79 Å². The molecule has 1 fully saturated rings. The first-order valence-electron chi connectivity index (χ1n) is 8.71. The number of nitrogens with zero attached hydrogens (tertiary/aromatic N) is 2. The fourth-order valence-corrected chi connectivity index (χ4v) is 3.84. The topological polar surface area (TPSA) is 60.8 Å². The normalized spacial score (nSPS) is 17.3. The van der Waals surface area contributed by atoms with E-state index in [0.29, 0.717) is 25.3 Å². The number of amides is 1. The first-order valence-corrected chi connectivity index (χ1v) is 9.59. The summed E-state index contributed by atoms with van der Waals surface area (Å²) in [6.45, 7) is 7.88. The molecular formula is C19H24N2O4S. The van der Waals surface area contributed by atoms with E-state index in [-0.39, 0.29) is 18.6 Å². The Balaban J connectivity index is 1.62. The Morgan fingerprint density at radius 2 is 2.19 bits per heavy atom. The van der Waals surface area contributed by atoms with Crippen molar-refractivity contribution in [2.24, 2.45) is 0 Å². The number of esters is 1. The van der Waals surface area contributed by atoms with Crippen LogP contribution in [0.4, 0.5) is 0 Å². The SMILES string of the molecule is Cc1cc(C(=O)OCC(=O)N2CCOC(C)C2)c(C)n1Cc1cccs1. The lowest BCUT2D eigenvalue weighted by Gasteiger charge is -2.30. The number of hydrogen-bond donors (Lipinski definition) is 0. The molecule has 1 unspecified atom stereocenters. The quantitative estimate of drug-likeness (QED) is 0.753. The fraction of sp³-hybridized carbons (Fsp3) is 0.474. The van der Waals surface area contributed by atoms with Crippen LogP contribution in [-0.2, 0) is 20.8 Å². The summed E-state index contributed by atoms with van der Waals surface area (Å²) >= 11 is 1.69. The van der Waals surface area contributed by atoms with Crippen LogP contribution >= 0.6 is 11.3 Å². The zero-order chi connectivity index (χ0) is 18.7. The molecule has 2 aromatic heterocycles. The third-order valence-electron chi connectivity index (χ3n) is 4.61. The van der Waals surface area contributed by atoms with Gasteiger partial charge in [-0.15, -0.1) is 11.3 Å². The monoisotopic (exact) mass is 376 g/mol. The van der Waals surface area contributed by atoms with Crippen molar-refractivity contribution in [2.75, 3.05) is 26.3 Å². The van der Waals surface area contributed by atoms with Crippen molar-refractivity contribution in [1.82, 2.24) is 9.47 Å². The molecule has 1 atom stereocenters. The third-order valence-corrected chi connectivity index (χ3v) is 5.47. The lowest BCUT2D eigenvalue weighted by atomic mass is 10.2. The van der Waals surface area contributed by atoms with Crippen LogP contribution in [0.25, 0.3) is 0 Å². The smallest absolute Gasteiger partial charge is 0.340 e. The molecule has 3 rings (SSSR count). The van der Waals surface area contributed by atoms with Crippen LogP contribution < -0.4 is 0 Å². The number of carbonyl (C=O) groups is 2. The standard InChI is InChI=1S/C19H24N2O4S/c1-13-9-17(15(3)21(13)11-16-5-4-8-26-16)19(23)25-12-18(22)20-6-7-24-14(2)10-20/h4-5,8-9,14H,6-7,10-12H2,1-3H3. The van der Waals surface area contributed by atoms with Gasteiger partial charge in [-0.3, -0.25) is 4.79 Å². The van der Waals surface area contributed by atoms with E-state index in [1.54, 1.807) is 16.2 Å². The Kier molecular flexibility index (Phi) is 5.78. The lowest BCUT2D eigenvalue weighted by molar-refractivity contribution is -0.141. The van der Waals surface area contributed by atoms with Gasteiger partial charge in [-0.1, -0.05) is 6.07 Å². The van der Waals surface area contributed by atoms with Gasteiger partial charge in [0.1, 0.15) is 0 Å². The Morgan fingerprint density at radius 3 is 2.88 bits per heavy atom. The van der Waals surface area contributed by atoms with E-state index in [2.05, 4.69) is 10.6 Å². The minimum absolute atomic E-state index is 0.0135. The summed E-state index contributed by atoms with van der Waals surface area (Å²) < 4.78 is 12.8. The summed E-state index contributed by atoms with van der Waals surface area (Å²) in [7, 11) is 0. The van der Waals surface area contributed by atoms with E-state index in [1.165, 1.54) is 4.88 Å². The van der Waals surface area contributed by atoms with Gasteiger partial charge >= 0.3 is 5.97 Å². The maximum Gasteiger partial charge on any atom is 0.340 e. The van der Waals surface area contributed by atoms with E-state index in [0.717, 1.165) is 17.9 Å². The molecule has 26 heavy (non-hydrogen) atoms. The third kappa shape index (κ3) is 4.16. The van der Waals surface area contributed by atoms with Gasteiger partial charge in [-0.05, 0) is 38.3 Å². The van der Waals surface area contributed by atoms with Crippen molar-refractivity contribution in [1.29, 1.82) is 0 Å². The molecule has 0 saturated carbocycles. The summed E-state index contributed by atoms with van der Waals surface area (Å²) in [4.78, 5) is 27.6. The fourth-order valence-electron chi connectivity index (χ4n) is 3.15. The molecule has 6 nitrogen and oxygen atoms in total. The molecule has 1 aliphatic rings. The number of carbonyl (C=O) groups excluding carboxylic acids is 2. The number of ether oxygens (including phenoxy) is 2. The lowest BCUT2D eigenvalue weighted by Crippen LogP contribution is -2.46. The molecule has 0 bridgehead atoms. The number of morpholine rings is 1. The van der Waals surface area contributed by atoms with Gasteiger partial charge in [0, 0.05) is 29.4 Å². The summed E-state index contributed by atoms with van der Waals surface area (Å²) in [6.07, 6.45) is 0.0135. The van der Waals surface area contributed by atoms with Crippen LogP contribution in [0.15, 0.2) is 23.6 Å². The molecule has 1 aliphatic heterocycles. The Hall–Kier alpha value is -2.12. The molecule has 1 amide bonds. The number of hydrogen-bond acceptors (Lipinski definition) is 5. The van der Waals surface area contributed by atoms with Crippen molar-refractivity contribution in [3.63, 3.8) is 0 Å². The van der Waals surface area contributed by atoms with E-state index in [9.17, 15) is 9.59 Å². The minimum atomic E-state index is -0.454. The van der Waals surface area contributed by atoms with Crippen molar-refractivity contribution < 1.29 is 19.1 Å². The molecule has 0 spiro atoms. The molecule has 0 radical (unpaired) electrons. The maximum atomic E-state index is 12.5. The number of aromatic nitrogens is 1. The number of aryl methyl sites for hydroxylation is 1. The zero-order valence-corrected chi connectivity index (χ0v) is 16.2. The Morgan fingerprint density at radius 1 is 1.38 bits per heavy atom. The molecule has 3 heterocycles. The van der Waals surface area contributed by atoms with Gasteiger partial charge in [0.15, 0.2) is 6.61 Å². The summed E-state index contributed by atoms with van der Waals surface area (Å²) in [5.74, 6) is -0.633. The second kappa shape index (κ2) is 8.05. The van der Waals surface area contributed by atoms with Crippen LogP contribution in [-0.4, -0.2) is 53.8 Å². The first-order chi connectivity index (χ1) is 12.5. The summed E-state index contributed by atoms with van der Waals surface area (Å²) in [5.41, 5.74) is 2.37. The predicted molar refractivity (Wildman–Crippen MR) is 99.6 cm³/mol. The molecule has 0 aliphatic carbocycles. The van der Waals surface area contributed by atoms with Crippen molar-refractivity contribution >= 4 is 23.2 Å². The van der Waals surface area contributed by atoms with Crippen LogP contribution in [0.3, 0.4) is 0 Å². The van der Waals surface area contributed by atoms with Gasteiger partial charge < -0.3 is 18.9 Å². The number of thiophene rings is 1. The highest BCUT2D eigenvalue weighted by atomic mass is 32.1. The summed E-state index contributed by atoms with van der Waals surface area (Å²) in [6, 6.07) is 5.91. The Labute approximate surface area is 157 Å². The van der Waals surface area contributed by atoms with Crippen LogP contribution in [0.5, 0.6) is 0 Å². The molecular weight excluding hydrogens is 352 g/mol. The minimum Gasteiger partial charge on any atom is -0.452 e. The van der Waals surface area contributed by atoms with Crippen LogP contribution in [0, 0.1) is 13.8 Å². The highest BCUT2D eigenvalue weighted by Crippen LogP contribution is 2.20. The van der Waals surface area contributed by atoms with Crippen LogP contribution in [0.2, 0.25) is 0 Å². The van der Waals surface area contributed by atoms with Crippen molar-refractivity contribution in [2.45, 2.75) is 33.4 Å². The van der Waals surface area contributed by atoms with Gasteiger partial charge in [0.25, 0.3) is 5.91 Å². The second-order valence-corrected chi connectivity index (χ2v) is 7.58. The zero-order valence-electron chi connectivity index (χ0n) is 15.4. The predicted octanol–water partition coefficient (Wildman–Crippen LogP) is 2.62. The van der Waals surface area contributed by atoms with E-state index >= 15 is 0 Å². The van der Waals surface area contributed by atoms with Gasteiger partial charge in [0.05, 0.1) is 24.8 Å². The first kappa shape index (κ1) is 18.7. The van der Waals surface area contributed by atoms with E-state index in [4.69, 9.17) is 9.47 Å². The average molecular weight is 376 g/mol. The second-order valence-electron chi connectivity index (χ2n) is 6.55. The number of rotatable bonds is 5. The molecule has 1 saturated heterocycles. The molecule has 2 aromatic rings. The summed E-state index contributed by atoms with van der Waals surface area (Å²) in [5, 5.41) is 2.04. The van der Waals surface area contributed by atoms with Crippen molar-refractivity contribution in [3.05, 3.63) is 45.4 Å². The highest BCUT2D eigenvalue weighted by molar-refractivity contribution is 7.09.